The van der Waals surface area contributed by atoms with Crippen LogP contribution in [0.4, 0.5) is 23.1 Å². The van der Waals surface area contributed by atoms with Crippen LogP contribution in [0.1, 0.15) is 0 Å². The molecule has 0 atom stereocenters. The lowest BCUT2D eigenvalue weighted by Crippen LogP contribution is -2.02. The molecule has 0 aliphatic rings. The molecule has 0 amide bonds. The average Bonchev–Trinajstić information content (AvgIpc) is 2.50. The second-order valence-electron chi connectivity index (χ2n) is 4.41. The van der Waals surface area contributed by atoms with E-state index in [1.165, 1.54) is 6.20 Å². The first-order chi connectivity index (χ1) is 10.7. The summed E-state index contributed by atoms with van der Waals surface area (Å²) in [4.78, 5) is 4.34. The average molecular weight is 332 g/mol. The van der Waals surface area contributed by atoms with Gasteiger partial charge in [0, 0.05) is 10.7 Å². The molecule has 0 aliphatic carbocycles. The maximum Gasteiger partial charge on any atom is 0.249 e. The van der Waals surface area contributed by atoms with Crippen molar-refractivity contribution < 1.29 is 0 Å². The van der Waals surface area contributed by atoms with E-state index in [1.54, 1.807) is 18.2 Å². The van der Waals surface area contributed by atoms with Crippen LogP contribution in [-0.4, -0.2) is 15.2 Å². The van der Waals surface area contributed by atoms with Gasteiger partial charge in [-0.3, -0.25) is 0 Å². The standard InChI is InChI=1S/C15H11Cl2N5/c16-10-4-3-5-11(8-10)19-14-9-18-22-15(21-14)20-13-7-2-1-6-12(13)17/h1-9H,(H2,19,20,21,22). The molecule has 0 unspecified atom stereocenters. The summed E-state index contributed by atoms with van der Waals surface area (Å²) < 4.78 is 0. The second-order valence-corrected chi connectivity index (χ2v) is 5.25. The largest absolute Gasteiger partial charge is 0.339 e. The summed E-state index contributed by atoms with van der Waals surface area (Å²) in [5, 5.41) is 15.2. The number of nitrogens with zero attached hydrogens (tertiary/aromatic N) is 3. The van der Waals surface area contributed by atoms with Gasteiger partial charge in [0.1, 0.15) is 0 Å². The Morgan fingerprint density at radius 3 is 2.59 bits per heavy atom. The molecule has 0 saturated heterocycles. The van der Waals surface area contributed by atoms with Crippen molar-refractivity contribution in [3.8, 4) is 0 Å². The first-order valence-electron chi connectivity index (χ1n) is 6.44. The first kappa shape index (κ1) is 14.6. The number of hydrogen-bond acceptors (Lipinski definition) is 5. The highest BCUT2D eigenvalue weighted by molar-refractivity contribution is 6.33. The Morgan fingerprint density at radius 1 is 0.909 bits per heavy atom. The predicted molar refractivity (Wildman–Crippen MR) is 89.3 cm³/mol. The lowest BCUT2D eigenvalue weighted by molar-refractivity contribution is 0.982. The third kappa shape index (κ3) is 3.63. The van der Waals surface area contributed by atoms with Gasteiger partial charge in [-0.25, -0.2) is 0 Å². The van der Waals surface area contributed by atoms with Gasteiger partial charge in [-0.1, -0.05) is 41.4 Å². The molecular weight excluding hydrogens is 321 g/mol. The van der Waals surface area contributed by atoms with Gasteiger partial charge in [0.25, 0.3) is 0 Å². The molecule has 2 aromatic carbocycles. The van der Waals surface area contributed by atoms with Gasteiger partial charge in [0.05, 0.1) is 16.9 Å². The van der Waals surface area contributed by atoms with Gasteiger partial charge in [-0.15, -0.1) is 5.10 Å². The SMILES string of the molecule is Clc1cccc(Nc2cnnc(Nc3ccccc3Cl)n2)c1. The lowest BCUT2D eigenvalue weighted by atomic mass is 10.3. The molecule has 0 aliphatic heterocycles. The summed E-state index contributed by atoms with van der Waals surface area (Å²) >= 11 is 12.0. The lowest BCUT2D eigenvalue weighted by Gasteiger charge is -2.08. The normalized spacial score (nSPS) is 10.3. The third-order valence-corrected chi connectivity index (χ3v) is 3.34. The molecule has 3 aromatic rings. The summed E-state index contributed by atoms with van der Waals surface area (Å²) in [6.45, 7) is 0. The molecule has 1 heterocycles. The van der Waals surface area contributed by atoms with E-state index >= 15 is 0 Å². The van der Waals surface area contributed by atoms with Crippen molar-refractivity contribution in [3.05, 3.63) is 64.8 Å². The number of anilines is 4. The molecule has 0 bridgehead atoms. The highest BCUT2D eigenvalue weighted by Crippen LogP contribution is 2.24. The Balaban J connectivity index is 1.79. The van der Waals surface area contributed by atoms with Gasteiger partial charge in [-0.05, 0) is 30.3 Å². The number of nitrogens with one attached hydrogen (secondary N) is 2. The van der Waals surface area contributed by atoms with Crippen LogP contribution in [0.3, 0.4) is 0 Å². The molecule has 3 rings (SSSR count). The van der Waals surface area contributed by atoms with Gasteiger partial charge >= 0.3 is 0 Å². The van der Waals surface area contributed by atoms with Gasteiger partial charge in [0.15, 0.2) is 5.82 Å². The Labute approximate surface area is 137 Å². The van der Waals surface area contributed by atoms with E-state index in [2.05, 4.69) is 25.8 Å². The number of para-hydroxylation sites is 1. The molecule has 5 nitrogen and oxygen atoms in total. The molecule has 0 fully saturated rings. The van der Waals surface area contributed by atoms with Crippen LogP contribution in [0.25, 0.3) is 0 Å². The fraction of sp³-hybridized carbons (Fsp3) is 0. The topological polar surface area (TPSA) is 62.7 Å². The van der Waals surface area contributed by atoms with Crippen molar-refractivity contribution in [2.75, 3.05) is 10.6 Å². The van der Waals surface area contributed by atoms with Gasteiger partial charge in [0.2, 0.25) is 5.95 Å². The second kappa shape index (κ2) is 6.60. The van der Waals surface area contributed by atoms with Crippen molar-refractivity contribution in [1.29, 1.82) is 0 Å². The summed E-state index contributed by atoms with van der Waals surface area (Å²) in [7, 11) is 0. The van der Waals surface area contributed by atoms with Crippen molar-refractivity contribution >= 4 is 46.3 Å². The molecule has 1 aromatic heterocycles. The number of benzene rings is 2. The van der Waals surface area contributed by atoms with E-state index in [-0.39, 0.29) is 0 Å². The maximum atomic E-state index is 6.09. The minimum absolute atomic E-state index is 0.347. The Kier molecular flexibility index (Phi) is 4.37. The van der Waals surface area contributed by atoms with E-state index in [4.69, 9.17) is 23.2 Å². The zero-order chi connectivity index (χ0) is 15.4. The van der Waals surface area contributed by atoms with Crippen LogP contribution in [0.2, 0.25) is 10.0 Å². The molecule has 110 valence electrons. The van der Waals surface area contributed by atoms with Crippen LogP contribution in [0.5, 0.6) is 0 Å². The minimum Gasteiger partial charge on any atom is -0.339 e. The van der Waals surface area contributed by atoms with Crippen LogP contribution in [-0.2, 0) is 0 Å². The Morgan fingerprint density at radius 2 is 1.77 bits per heavy atom. The summed E-state index contributed by atoms with van der Waals surface area (Å²) in [6, 6.07) is 14.7. The van der Waals surface area contributed by atoms with E-state index < -0.39 is 0 Å². The van der Waals surface area contributed by atoms with Crippen LogP contribution in [0.15, 0.2) is 54.7 Å². The Bertz CT molecular complexity index is 794. The molecule has 22 heavy (non-hydrogen) atoms. The monoisotopic (exact) mass is 331 g/mol. The van der Waals surface area contributed by atoms with E-state index in [0.29, 0.717) is 27.5 Å². The molecule has 7 heteroatoms. The van der Waals surface area contributed by atoms with Gasteiger partial charge < -0.3 is 10.6 Å². The molecule has 0 saturated carbocycles. The van der Waals surface area contributed by atoms with Crippen LogP contribution < -0.4 is 10.6 Å². The smallest absolute Gasteiger partial charge is 0.249 e. The fourth-order valence-corrected chi connectivity index (χ4v) is 2.19. The van der Waals surface area contributed by atoms with E-state index in [1.807, 2.05) is 30.3 Å². The number of hydrogen-bond donors (Lipinski definition) is 2. The van der Waals surface area contributed by atoms with Crippen molar-refractivity contribution in [2.45, 2.75) is 0 Å². The molecule has 2 N–H and O–H groups in total. The molecule has 0 radical (unpaired) electrons. The van der Waals surface area contributed by atoms with Crippen LogP contribution >= 0.6 is 23.2 Å². The maximum absolute atomic E-state index is 6.09. The Hall–Kier alpha value is -2.37. The van der Waals surface area contributed by atoms with Crippen molar-refractivity contribution in [2.24, 2.45) is 0 Å². The zero-order valence-corrected chi connectivity index (χ0v) is 12.8. The predicted octanol–water partition coefficient (Wildman–Crippen LogP) is 4.67. The summed E-state index contributed by atoms with van der Waals surface area (Å²) in [5.74, 6) is 0.895. The number of aromatic nitrogens is 3. The van der Waals surface area contributed by atoms with E-state index in [0.717, 1.165) is 5.69 Å². The highest BCUT2D eigenvalue weighted by atomic mass is 35.5. The number of rotatable bonds is 4. The zero-order valence-electron chi connectivity index (χ0n) is 11.3. The van der Waals surface area contributed by atoms with Gasteiger partial charge in [-0.2, -0.15) is 10.1 Å². The third-order valence-electron chi connectivity index (χ3n) is 2.78. The number of halogens is 2. The molecule has 0 spiro atoms. The summed E-state index contributed by atoms with van der Waals surface area (Å²) in [5.41, 5.74) is 1.53. The van der Waals surface area contributed by atoms with Crippen molar-refractivity contribution in [3.63, 3.8) is 0 Å². The first-order valence-corrected chi connectivity index (χ1v) is 7.20. The highest BCUT2D eigenvalue weighted by Gasteiger charge is 2.04. The van der Waals surface area contributed by atoms with Crippen molar-refractivity contribution in [1.82, 2.24) is 15.2 Å². The van der Waals surface area contributed by atoms with Crippen LogP contribution in [0, 0.1) is 0 Å². The molecular formula is C15H11Cl2N5. The fourth-order valence-electron chi connectivity index (χ4n) is 1.81. The summed E-state index contributed by atoms with van der Waals surface area (Å²) in [6.07, 6.45) is 1.53. The minimum atomic E-state index is 0.347. The van der Waals surface area contributed by atoms with E-state index in [9.17, 15) is 0 Å². The quantitative estimate of drug-likeness (QED) is 0.727.